The summed E-state index contributed by atoms with van der Waals surface area (Å²) in [7, 11) is -1.69. The highest BCUT2D eigenvalue weighted by atomic mass is 32.3. The van der Waals surface area contributed by atoms with Crippen molar-refractivity contribution in [1.82, 2.24) is 0 Å². The lowest BCUT2D eigenvalue weighted by Gasteiger charge is -2.02. The van der Waals surface area contributed by atoms with Crippen LogP contribution in [0.1, 0.15) is 5.56 Å². The van der Waals surface area contributed by atoms with E-state index in [9.17, 15) is 13.3 Å². The van der Waals surface area contributed by atoms with Crippen molar-refractivity contribution in [2.24, 2.45) is 0 Å². The molecule has 17 heavy (non-hydrogen) atoms. The highest BCUT2D eigenvalue weighted by Crippen LogP contribution is 2.14. The van der Waals surface area contributed by atoms with Gasteiger partial charge in [-0.2, -0.15) is 8.42 Å². The molecule has 0 spiro atoms. The lowest BCUT2D eigenvalue weighted by molar-refractivity contribution is -0.736. The first-order chi connectivity index (χ1) is 7.98. The molecule has 0 aromatic heterocycles. The van der Waals surface area contributed by atoms with E-state index in [0.717, 1.165) is 7.11 Å². The maximum Gasteiger partial charge on any atom is 0.399 e. The molecule has 8 heteroatoms. The third-order valence-electron chi connectivity index (χ3n) is 1.89. The molecule has 0 fully saturated rings. The summed E-state index contributed by atoms with van der Waals surface area (Å²) in [6, 6.07) is 6.05. The van der Waals surface area contributed by atoms with E-state index in [1.807, 2.05) is 0 Å². The third kappa shape index (κ3) is 4.10. The van der Waals surface area contributed by atoms with E-state index in [0.29, 0.717) is 16.2 Å². The summed E-state index contributed by atoms with van der Waals surface area (Å²) in [6.07, 6.45) is 0. The minimum Gasteiger partial charge on any atom is -0.252 e. The molecule has 0 aliphatic rings. The Labute approximate surface area is 98.8 Å². The molecule has 0 unspecified atom stereocenters. The van der Waals surface area contributed by atoms with E-state index in [-0.39, 0.29) is 6.61 Å². The Morgan fingerprint density at radius 3 is 2.24 bits per heavy atom. The van der Waals surface area contributed by atoms with Gasteiger partial charge in [0.25, 0.3) is 4.92 Å². The van der Waals surface area contributed by atoms with Crippen LogP contribution in [-0.2, 0) is 30.2 Å². The molecule has 0 radical (unpaired) electrons. The molecule has 0 aliphatic heterocycles. The number of benzene rings is 1. The Balaban J connectivity index is 2.66. The van der Waals surface area contributed by atoms with Gasteiger partial charge in [0.1, 0.15) is 0 Å². The fourth-order valence-electron chi connectivity index (χ4n) is 1.01. The van der Waals surface area contributed by atoms with Crippen LogP contribution in [0.25, 0.3) is 0 Å². The second kappa shape index (κ2) is 5.71. The summed E-state index contributed by atoms with van der Waals surface area (Å²) >= 11 is 0. The largest absolute Gasteiger partial charge is 0.399 e. The van der Waals surface area contributed by atoms with Crippen LogP contribution in [-0.4, -0.2) is 27.6 Å². The minimum absolute atomic E-state index is 0.164. The Hall–Kier alpha value is -1.51. The lowest BCUT2D eigenvalue weighted by atomic mass is 10.2. The van der Waals surface area contributed by atoms with Crippen molar-refractivity contribution in [2.75, 3.05) is 14.2 Å². The maximum absolute atomic E-state index is 11.0. The van der Waals surface area contributed by atoms with Crippen LogP contribution in [0.3, 0.4) is 0 Å². The first-order valence-corrected chi connectivity index (χ1v) is 5.87. The topological polar surface area (TPSA) is 81.9 Å². The first-order valence-electron chi connectivity index (χ1n) is 4.54. The van der Waals surface area contributed by atoms with Gasteiger partial charge in [-0.3, -0.25) is 4.18 Å². The second-order valence-corrected chi connectivity index (χ2v) is 4.33. The van der Waals surface area contributed by atoms with E-state index in [1.165, 1.54) is 19.2 Å². The van der Waals surface area contributed by atoms with Crippen LogP contribution in [0.2, 0.25) is 0 Å². The summed E-state index contributed by atoms with van der Waals surface area (Å²) in [5.74, 6) is 0. The average molecular weight is 262 g/mol. The Bertz CT molecular complexity index is 481. The highest BCUT2D eigenvalue weighted by Gasteiger charge is 2.14. The van der Waals surface area contributed by atoms with Crippen LogP contribution in [0.4, 0.5) is 5.69 Å². The summed E-state index contributed by atoms with van der Waals surface area (Å²) in [4.78, 5) is 15.8. The predicted molar refractivity (Wildman–Crippen MR) is 57.5 cm³/mol. The molecule has 0 heterocycles. The Morgan fingerprint density at radius 2 is 1.76 bits per heavy atom. The van der Waals surface area contributed by atoms with Crippen molar-refractivity contribution in [3.63, 3.8) is 0 Å². The zero-order valence-corrected chi connectivity index (χ0v) is 10.1. The smallest absolute Gasteiger partial charge is 0.252 e. The van der Waals surface area contributed by atoms with Crippen LogP contribution >= 0.6 is 0 Å². The number of rotatable bonds is 6. The van der Waals surface area contributed by atoms with Gasteiger partial charge in [0, 0.05) is 12.1 Å². The van der Waals surface area contributed by atoms with Crippen LogP contribution < -0.4 is 0 Å². The van der Waals surface area contributed by atoms with Gasteiger partial charge in [0.15, 0.2) is 7.11 Å². The van der Waals surface area contributed by atoms with Crippen LogP contribution in [0.15, 0.2) is 24.3 Å². The van der Waals surface area contributed by atoms with Gasteiger partial charge >= 0.3 is 16.1 Å². The molecular weight excluding hydrogens is 250 g/mol. The first kappa shape index (κ1) is 13.6. The summed E-state index contributed by atoms with van der Waals surface area (Å²) in [6.45, 7) is -0.164. The van der Waals surface area contributed by atoms with Gasteiger partial charge in [-0.15, -0.1) is 0 Å². The van der Waals surface area contributed by atoms with E-state index in [2.05, 4.69) is 13.2 Å². The quantitative estimate of drug-likeness (QED) is 0.713. The van der Waals surface area contributed by atoms with Crippen molar-refractivity contribution in [1.29, 1.82) is 0 Å². The third-order valence-corrected chi connectivity index (χ3v) is 2.70. The molecule has 0 atom stereocenters. The van der Waals surface area contributed by atoms with E-state index < -0.39 is 10.4 Å². The molecule has 0 amide bonds. The molecule has 1 aromatic rings. The second-order valence-electron chi connectivity index (χ2n) is 2.94. The molecule has 1 aromatic carbocycles. The van der Waals surface area contributed by atoms with Gasteiger partial charge in [0.05, 0.1) is 18.6 Å². The van der Waals surface area contributed by atoms with Gasteiger partial charge in [-0.05, 0) is 17.7 Å². The van der Waals surface area contributed by atoms with Crippen molar-refractivity contribution in [3.8, 4) is 0 Å². The fraction of sp³-hybridized carbons (Fsp3) is 0.333. The fourth-order valence-corrected chi connectivity index (χ4v) is 1.38. The molecular formula is C9H12NO6S+. The van der Waals surface area contributed by atoms with Crippen molar-refractivity contribution < 1.29 is 26.5 Å². The predicted octanol–water partition coefficient (Wildman–Crippen LogP) is 1.07. The van der Waals surface area contributed by atoms with E-state index in [1.54, 1.807) is 12.1 Å². The van der Waals surface area contributed by atoms with Gasteiger partial charge in [-0.25, -0.2) is 9.02 Å². The lowest BCUT2D eigenvalue weighted by Crippen LogP contribution is -2.07. The van der Waals surface area contributed by atoms with E-state index in [4.69, 9.17) is 0 Å². The number of hydrogen-bond donors (Lipinski definition) is 0. The van der Waals surface area contributed by atoms with Crippen molar-refractivity contribution >= 4 is 16.1 Å². The summed E-state index contributed by atoms with van der Waals surface area (Å²) < 4.78 is 30.4. The van der Waals surface area contributed by atoms with Crippen molar-refractivity contribution in [2.45, 2.75) is 6.61 Å². The summed E-state index contributed by atoms with van der Waals surface area (Å²) in [5, 5.41) is 0. The van der Waals surface area contributed by atoms with E-state index >= 15 is 0 Å². The summed E-state index contributed by atoms with van der Waals surface area (Å²) in [5.41, 5.74) is 0.879. The van der Waals surface area contributed by atoms with Gasteiger partial charge in [-0.1, -0.05) is 0 Å². The molecule has 0 N–H and O–H groups in total. The SMILES string of the molecule is CO[N+](=O)c1ccc(COS(=O)(=O)OC)cc1. The molecule has 0 saturated carbocycles. The number of nitrogens with zero attached hydrogens (tertiary/aromatic N) is 1. The highest BCUT2D eigenvalue weighted by molar-refractivity contribution is 7.81. The van der Waals surface area contributed by atoms with Gasteiger partial charge < -0.3 is 0 Å². The molecule has 0 aliphatic carbocycles. The zero-order chi connectivity index (χ0) is 12.9. The van der Waals surface area contributed by atoms with Gasteiger partial charge in [0.2, 0.25) is 0 Å². The molecule has 94 valence electrons. The Morgan fingerprint density at radius 1 is 1.18 bits per heavy atom. The maximum atomic E-state index is 11.0. The average Bonchev–Trinajstić information content (AvgIpc) is 2.36. The molecule has 0 saturated heterocycles. The minimum atomic E-state index is -3.95. The monoisotopic (exact) mass is 262 g/mol. The van der Waals surface area contributed by atoms with Crippen molar-refractivity contribution in [3.05, 3.63) is 34.7 Å². The van der Waals surface area contributed by atoms with Crippen LogP contribution in [0.5, 0.6) is 0 Å². The molecule has 7 nitrogen and oxygen atoms in total. The Kier molecular flexibility index (Phi) is 4.55. The molecule has 0 bridgehead atoms. The standard InChI is InChI=1S/C9H12NO6S/c1-14-10(11)9-5-3-8(4-6-9)7-16-17(12,13)15-2/h3-6H,7H2,1-2H3/q+1. The normalized spacial score (nSPS) is 11.2. The zero-order valence-electron chi connectivity index (χ0n) is 9.32. The van der Waals surface area contributed by atoms with Crippen LogP contribution in [0, 0.1) is 4.91 Å². The molecule has 1 rings (SSSR count). The number of hydrogen-bond acceptors (Lipinski definition) is 6.